The van der Waals surface area contributed by atoms with Gasteiger partial charge in [0.25, 0.3) is 11.6 Å². The second-order valence-electron chi connectivity index (χ2n) is 6.34. The van der Waals surface area contributed by atoms with Crippen LogP contribution in [0.4, 0.5) is 5.69 Å². The molecule has 0 saturated heterocycles. The highest BCUT2D eigenvalue weighted by Crippen LogP contribution is 2.20. The zero-order valence-corrected chi connectivity index (χ0v) is 17.4. The topological polar surface area (TPSA) is 84.6 Å². The van der Waals surface area contributed by atoms with Crippen molar-refractivity contribution in [2.45, 2.75) is 11.5 Å². The zero-order chi connectivity index (χ0) is 21.3. The summed E-state index contributed by atoms with van der Waals surface area (Å²) in [5.41, 5.74) is 5.51. The van der Waals surface area contributed by atoms with E-state index in [1.165, 1.54) is 30.0 Å². The van der Waals surface area contributed by atoms with Crippen molar-refractivity contribution in [3.05, 3.63) is 110 Å². The van der Waals surface area contributed by atoms with Gasteiger partial charge in [-0.25, -0.2) is 5.43 Å². The fraction of sp³-hybridized carbons (Fsp3) is 0.0909. The van der Waals surface area contributed by atoms with Gasteiger partial charge in [0.15, 0.2) is 0 Å². The van der Waals surface area contributed by atoms with Gasteiger partial charge in [-0.15, -0.1) is 0 Å². The number of thioether (sulfide) groups is 1. The second kappa shape index (κ2) is 10.6. The summed E-state index contributed by atoms with van der Waals surface area (Å²) in [5.74, 6) is 1.40. The van der Waals surface area contributed by atoms with E-state index in [1.54, 1.807) is 23.9 Å². The fourth-order valence-electron chi connectivity index (χ4n) is 2.58. The molecule has 3 aromatic carbocycles. The molecule has 0 aromatic heterocycles. The number of hydrogen-bond donors (Lipinski definition) is 1. The molecule has 8 heteroatoms. The maximum absolute atomic E-state index is 12.2. The third-order valence-corrected chi connectivity index (χ3v) is 5.58. The van der Waals surface area contributed by atoms with E-state index >= 15 is 0 Å². The number of carbonyl (C=O) groups excluding carboxylic acids is 1. The minimum absolute atomic E-state index is 0.104. The quantitative estimate of drug-likeness (QED) is 0.287. The minimum Gasteiger partial charge on any atom is -0.267 e. The van der Waals surface area contributed by atoms with Gasteiger partial charge in [-0.3, -0.25) is 14.9 Å². The molecule has 0 saturated carbocycles. The molecule has 152 valence electrons. The first kappa shape index (κ1) is 21.5. The molecule has 0 aliphatic heterocycles. The van der Waals surface area contributed by atoms with Crippen molar-refractivity contribution in [3.8, 4) is 0 Å². The molecule has 3 aromatic rings. The van der Waals surface area contributed by atoms with Crippen LogP contribution in [0.1, 0.15) is 27.0 Å². The Morgan fingerprint density at radius 3 is 2.37 bits per heavy atom. The number of carbonyl (C=O) groups is 1. The standard InChI is InChI=1S/C22H18ClN3O3S/c23-21-11-10-20(26(28)29)12-19(21)13-24-25-22(27)18-8-6-17(7-9-18)15-30-14-16-4-2-1-3-5-16/h1-13H,14-15H2,(H,25,27)/b24-13-. The zero-order valence-electron chi connectivity index (χ0n) is 15.8. The lowest BCUT2D eigenvalue weighted by Crippen LogP contribution is -2.17. The summed E-state index contributed by atoms with van der Waals surface area (Å²) in [6, 6.07) is 21.6. The smallest absolute Gasteiger partial charge is 0.267 e. The third kappa shape index (κ3) is 6.17. The van der Waals surface area contributed by atoms with Gasteiger partial charge in [-0.1, -0.05) is 54.1 Å². The average Bonchev–Trinajstić information content (AvgIpc) is 2.76. The van der Waals surface area contributed by atoms with E-state index < -0.39 is 4.92 Å². The maximum Gasteiger partial charge on any atom is 0.271 e. The van der Waals surface area contributed by atoms with Crippen LogP contribution >= 0.6 is 23.4 Å². The molecule has 0 radical (unpaired) electrons. The molecule has 0 aliphatic rings. The highest BCUT2D eigenvalue weighted by Gasteiger charge is 2.09. The molecule has 1 amide bonds. The first-order valence-corrected chi connectivity index (χ1v) is 10.5. The molecule has 30 heavy (non-hydrogen) atoms. The van der Waals surface area contributed by atoms with E-state index in [4.69, 9.17) is 11.6 Å². The number of halogens is 1. The summed E-state index contributed by atoms with van der Waals surface area (Å²) in [6.45, 7) is 0. The SMILES string of the molecule is O=C(N/N=C\c1cc([N+](=O)[O-])ccc1Cl)c1ccc(CSCc2ccccc2)cc1. The number of hydrogen-bond acceptors (Lipinski definition) is 5. The summed E-state index contributed by atoms with van der Waals surface area (Å²) in [7, 11) is 0. The van der Waals surface area contributed by atoms with Gasteiger partial charge in [-0.05, 0) is 29.3 Å². The molecular weight excluding hydrogens is 422 g/mol. The number of hydrazone groups is 1. The summed E-state index contributed by atoms with van der Waals surface area (Å²) in [6.07, 6.45) is 1.28. The van der Waals surface area contributed by atoms with Crippen LogP contribution in [0.5, 0.6) is 0 Å². The number of benzene rings is 3. The van der Waals surface area contributed by atoms with E-state index in [-0.39, 0.29) is 11.6 Å². The summed E-state index contributed by atoms with van der Waals surface area (Å²) in [4.78, 5) is 22.6. The molecule has 6 nitrogen and oxygen atoms in total. The molecule has 3 rings (SSSR count). The molecule has 0 unspecified atom stereocenters. The van der Waals surface area contributed by atoms with Gasteiger partial charge < -0.3 is 0 Å². The molecule has 0 bridgehead atoms. The Hall–Kier alpha value is -3.16. The van der Waals surface area contributed by atoms with Gasteiger partial charge in [0.05, 0.1) is 11.1 Å². The molecule has 0 spiro atoms. The fourth-order valence-corrected chi connectivity index (χ4v) is 3.71. The van der Waals surface area contributed by atoms with Crippen LogP contribution in [0, 0.1) is 10.1 Å². The van der Waals surface area contributed by atoms with Crippen LogP contribution < -0.4 is 5.43 Å². The predicted molar refractivity (Wildman–Crippen MR) is 121 cm³/mol. The van der Waals surface area contributed by atoms with Gasteiger partial charge >= 0.3 is 0 Å². The highest BCUT2D eigenvalue weighted by molar-refractivity contribution is 7.97. The van der Waals surface area contributed by atoms with Gasteiger partial charge in [0.2, 0.25) is 0 Å². The second-order valence-corrected chi connectivity index (χ2v) is 7.73. The van der Waals surface area contributed by atoms with Crippen molar-refractivity contribution >= 4 is 41.2 Å². The molecule has 0 aliphatic carbocycles. The van der Waals surface area contributed by atoms with Crippen LogP contribution in [-0.4, -0.2) is 17.0 Å². The molecule has 0 fully saturated rings. The lowest BCUT2D eigenvalue weighted by atomic mass is 10.1. The van der Waals surface area contributed by atoms with E-state index in [2.05, 4.69) is 22.7 Å². The number of nitrogens with one attached hydrogen (secondary N) is 1. The summed E-state index contributed by atoms with van der Waals surface area (Å²) in [5, 5.41) is 15.0. The highest BCUT2D eigenvalue weighted by atomic mass is 35.5. The van der Waals surface area contributed by atoms with Crippen molar-refractivity contribution in [3.63, 3.8) is 0 Å². The van der Waals surface area contributed by atoms with Gasteiger partial charge in [-0.2, -0.15) is 16.9 Å². The van der Waals surface area contributed by atoms with E-state index in [1.807, 2.05) is 30.3 Å². The molecular formula is C22H18ClN3O3S. The Balaban J connectivity index is 1.53. The first-order valence-electron chi connectivity index (χ1n) is 9.01. The molecule has 1 N–H and O–H groups in total. The predicted octanol–water partition coefficient (Wildman–Crippen LogP) is 5.45. The number of nitro groups is 1. The summed E-state index contributed by atoms with van der Waals surface area (Å²) < 4.78 is 0. The first-order chi connectivity index (χ1) is 14.5. The van der Waals surface area contributed by atoms with Crippen LogP contribution in [0.2, 0.25) is 5.02 Å². The summed E-state index contributed by atoms with van der Waals surface area (Å²) >= 11 is 7.81. The van der Waals surface area contributed by atoms with Crippen LogP contribution in [-0.2, 0) is 11.5 Å². The molecule has 0 heterocycles. The number of nitro benzene ring substituents is 1. The van der Waals surface area contributed by atoms with Crippen LogP contribution in [0.15, 0.2) is 77.9 Å². The van der Waals surface area contributed by atoms with E-state index in [0.717, 1.165) is 17.1 Å². The molecule has 0 atom stereocenters. The monoisotopic (exact) mass is 439 g/mol. The Kier molecular flexibility index (Phi) is 7.59. The number of rotatable bonds is 8. The average molecular weight is 440 g/mol. The van der Waals surface area contributed by atoms with Crippen LogP contribution in [0.25, 0.3) is 0 Å². The van der Waals surface area contributed by atoms with Gasteiger partial charge in [0, 0.05) is 39.8 Å². The Morgan fingerprint density at radius 2 is 1.70 bits per heavy atom. The number of non-ortho nitro benzene ring substituents is 1. The van der Waals surface area contributed by atoms with Crippen molar-refractivity contribution in [2.75, 3.05) is 0 Å². The van der Waals surface area contributed by atoms with Crippen molar-refractivity contribution in [1.82, 2.24) is 5.43 Å². The third-order valence-electron chi connectivity index (χ3n) is 4.16. The van der Waals surface area contributed by atoms with E-state index in [0.29, 0.717) is 16.1 Å². The number of nitrogens with zero attached hydrogens (tertiary/aromatic N) is 2. The Morgan fingerprint density at radius 1 is 1.03 bits per heavy atom. The van der Waals surface area contributed by atoms with E-state index in [9.17, 15) is 14.9 Å². The van der Waals surface area contributed by atoms with Crippen LogP contribution in [0.3, 0.4) is 0 Å². The maximum atomic E-state index is 12.2. The normalized spacial score (nSPS) is 10.8. The number of amides is 1. The van der Waals surface area contributed by atoms with Gasteiger partial charge in [0.1, 0.15) is 0 Å². The largest absolute Gasteiger partial charge is 0.271 e. The Labute approximate surface area is 183 Å². The van der Waals surface area contributed by atoms with Crippen molar-refractivity contribution in [2.24, 2.45) is 5.10 Å². The lowest BCUT2D eigenvalue weighted by Gasteiger charge is -2.04. The van der Waals surface area contributed by atoms with Crippen molar-refractivity contribution < 1.29 is 9.72 Å². The Bertz CT molecular complexity index is 1060. The lowest BCUT2D eigenvalue weighted by molar-refractivity contribution is -0.384. The minimum atomic E-state index is -0.522. The van der Waals surface area contributed by atoms with Crippen molar-refractivity contribution in [1.29, 1.82) is 0 Å².